The van der Waals surface area contributed by atoms with Crippen molar-refractivity contribution < 1.29 is 28.2 Å². The summed E-state index contributed by atoms with van der Waals surface area (Å²) in [4.78, 5) is 12.9. The standard InChI is InChI=1S/C24H29N5O6S/c1-4-25-24(32)23-27-26-22(19-13-18(15(2)3)20(30)14-21(19)31)29(23)16-5-7-17(8-6-16)36(33,34)28-9-11-35-12-10-28/h5-8,13-15,30-31H,4,9-12H2,1-3H3,(H,25,32). The molecular formula is C24H29N5O6S. The van der Waals surface area contributed by atoms with E-state index in [0.717, 1.165) is 0 Å². The molecule has 0 aliphatic carbocycles. The maximum absolute atomic E-state index is 13.0. The minimum atomic E-state index is -3.71. The van der Waals surface area contributed by atoms with Crippen molar-refractivity contribution in [2.45, 2.75) is 31.6 Å². The number of nitrogens with zero attached hydrogens (tertiary/aromatic N) is 4. The molecule has 3 N–H and O–H groups in total. The van der Waals surface area contributed by atoms with Gasteiger partial charge in [-0.25, -0.2) is 8.42 Å². The topological polar surface area (TPSA) is 147 Å². The first-order valence-electron chi connectivity index (χ1n) is 11.6. The molecule has 0 spiro atoms. The number of hydrogen-bond acceptors (Lipinski definition) is 8. The molecule has 2 aromatic carbocycles. The number of phenolic OH excluding ortho intramolecular Hbond substituents is 2. The largest absolute Gasteiger partial charge is 0.508 e. The van der Waals surface area contributed by atoms with Crippen LogP contribution in [-0.2, 0) is 14.8 Å². The van der Waals surface area contributed by atoms with E-state index in [1.54, 1.807) is 25.1 Å². The molecule has 192 valence electrons. The fourth-order valence-electron chi connectivity index (χ4n) is 4.03. The molecule has 1 aromatic heterocycles. The molecule has 2 heterocycles. The highest BCUT2D eigenvalue weighted by Gasteiger charge is 2.28. The Hall–Kier alpha value is -3.48. The van der Waals surface area contributed by atoms with Crippen molar-refractivity contribution in [2.24, 2.45) is 0 Å². The number of amides is 1. The lowest BCUT2D eigenvalue weighted by Gasteiger charge is -2.26. The van der Waals surface area contributed by atoms with Crippen LogP contribution >= 0.6 is 0 Å². The highest BCUT2D eigenvalue weighted by molar-refractivity contribution is 7.89. The van der Waals surface area contributed by atoms with Crippen LogP contribution in [0.4, 0.5) is 0 Å². The Morgan fingerprint density at radius 3 is 2.36 bits per heavy atom. The zero-order chi connectivity index (χ0) is 26.0. The molecule has 1 fully saturated rings. The number of morpholine rings is 1. The predicted molar refractivity (Wildman–Crippen MR) is 132 cm³/mol. The third-order valence-corrected chi connectivity index (χ3v) is 7.83. The van der Waals surface area contributed by atoms with Gasteiger partial charge in [0.1, 0.15) is 11.5 Å². The Morgan fingerprint density at radius 1 is 1.08 bits per heavy atom. The summed E-state index contributed by atoms with van der Waals surface area (Å²) in [6, 6.07) is 8.87. The number of benzene rings is 2. The summed E-state index contributed by atoms with van der Waals surface area (Å²) in [6.45, 7) is 7.16. The van der Waals surface area contributed by atoms with E-state index in [0.29, 0.717) is 31.0 Å². The van der Waals surface area contributed by atoms with E-state index in [9.17, 15) is 23.4 Å². The lowest BCUT2D eigenvalue weighted by atomic mass is 9.98. The molecule has 0 unspecified atom stereocenters. The number of ether oxygens (including phenoxy) is 1. The van der Waals surface area contributed by atoms with Crippen LogP contribution in [0.3, 0.4) is 0 Å². The molecule has 0 atom stereocenters. The van der Waals surface area contributed by atoms with E-state index in [4.69, 9.17) is 4.74 Å². The summed E-state index contributed by atoms with van der Waals surface area (Å²) < 4.78 is 34.1. The molecule has 0 saturated carbocycles. The third-order valence-electron chi connectivity index (χ3n) is 5.91. The Morgan fingerprint density at radius 2 is 1.75 bits per heavy atom. The zero-order valence-corrected chi connectivity index (χ0v) is 21.1. The van der Waals surface area contributed by atoms with Gasteiger partial charge in [-0.1, -0.05) is 13.8 Å². The van der Waals surface area contributed by atoms with E-state index in [1.807, 2.05) is 13.8 Å². The van der Waals surface area contributed by atoms with E-state index in [-0.39, 0.29) is 52.6 Å². The van der Waals surface area contributed by atoms with Crippen molar-refractivity contribution in [3.8, 4) is 28.6 Å². The van der Waals surface area contributed by atoms with Gasteiger partial charge < -0.3 is 20.3 Å². The van der Waals surface area contributed by atoms with Gasteiger partial charge in [0.25, 0.3) is 5.91 Å². The van der Waals surface area contributed by atoms with Gasteiger partial charge in [-0.05, 0) is 48.7 Å². The predicted octanol–water partition coefficient (Wildman–Crippen LogP) is 2.24. The Bertz CT molecular complexity index is 1360. The molecule has 36 heavy (non-hydrogen) atoms. The molecule has 1 aliphatic rings. The summed E-state index contributed by atoms with van der Waals surface area (Å²) in [5.74, 6) is -0.691. The van der Waals surface area contributed by atoms with Gasteiger partial charge in [-0.15, -0.1) is 10.2 Å². The van der Waals surface area contributed by atoms with Gasteiger partial charge in [0.05, 0.1) is 23.7 Å². The number of aromatic hydroxyl groups is 2. The van der Waals surface area contributed by atoms with Crippen LogP contribution in [0.15, 0.2) is 41.3 Å². The van der Waals surface area contributed by atoms with E-state index in [1.165, 1.54) is 27.1 Å². The van der Waals surface area contributed by atoms with Crippen molar-refractivity contribution in [1.82, 2.24) is 24.4 Å². The quantitative estimate of drug-likeness (QED) is 0.434. The maximum atomic E-state index is 13.0. The average molecular weight is 516 g/mol. The minimum absolute atomic E-state index is 0.0331. The monoisotopic (exact) mass is 515 g/mol. The van der Waals surface area contributed by atoms with Crippen LogP contribution < -0.4 is 5.32 Å². The average Bonchev–Trinajstić information content (AvgIpc) is 3.29. The zero-order valence-electron chi connectivity index (χ0n) is 20.3. The molecule has 1 saturated heterocycles. The molecule has 4 rings (SSSR count). The smallest absolute Gasteiger partial charge is 0.289 e. The Labute approximate surface area is 209 Å². The molecule has 0 radical (unpaired) electrons. The van der Waals surface area contributed by atoms with Crippen LogP contribution in [0.2, 0.25) is 0 Å². The molecule has 11 nitrogen and oxygen atoms in total. The van der Waals surface area contributed by atoms with Crippen molar-refractivity contribution in [2.75, 3.05) is 32.8 Å². The van der Waals surface area contributed by atoms with Crippen molar-refractivity contribution in [3.63, 3.8) is 0 Å². The fraction of sp³-hybridized carbons (Fsp3) is 0.375. The van der Waals surface area contributed by atoms with Gasteiger partial charge in [0, 0.05) is 31.4 Å². The van der Waals surface area contributed by atoms with Crippen molar-refractivity contribution in [3.05, 3.63) is 47.8 Å². The van der Waals surface area contributed by atoms with Crippen molar-refractivity contribution in [1.29, 1.82) is 0 Å². The van der Waals surface area contributed by atoms with E-state index >= 15 is 0 Å². The van der Waals surface area contributed by atoms with Crippen LogP contribution in [-0.4, -0.2) is 76.5 Å². The molecule has 1 aliphatic heterocycles. The summed E-state index contributed by atoms with van der Waals surface area (Å²) in [5.41, 5.74) is 1.28. The van der Waals surface area contributed by atoms with Gasteiger partial charge >= 0.3 is 0 Å². The first-order valence-corrected chi connectivity index (χ1v) is 13.1. The first kappa shape index (κ1) is 25.6. The first-order chi connectivity index (χ1) is 17.1. The van der Waals surface area contributed by atoms with Crippen molar-refractivity contribution >= 4 is 15.9 Å². The van der Waals surface area contributed by atoms with Gasteiger partial charge in [0.2, 0.25) is 15.8 Å². The van der Waals surface area contributed by atoms with Gasteiger partial charge in [0.15, 0.2) is 5.82 Å². The van der Waals surface area contributed by atoms with E-state index in [2.05, 4.69) is 15.5 Å². The fourth-order valence-corrected chi connectivity index (χ4v) is 5.44. The lowest BCUT2D eigenvalue weighted by Crippen LogP contribution is -2.40. The molecule has 12 heteroatoms. The van der Waals surface area contributed by atoms with Crippen LogP contribution in [0.5, 0.6) is 11.5 Å². The number of sulfonamides is 1. The number of nitrogens with one attached hydrogen (secondary N) is 1. The normalized spacial score (nSPS) is 14.8. The number of carbonyl (C=O) groups is 1. The SMILES string of the molecule is CCNC(=O)c1nnc(-c2cc(C(C)C)c(O)cc2O)n1-c1ccc(S(=O)(=O)N2CCOCC2)cc1. The number of carbonyl (C=O) groups excluding carboxylic acids is 1. The number of aromatic nitrogens is 3. The highest BCUT2D eigenvalue weighted by Crippen LogP contribution is 2.38. The minimum Gasteiger partial charge on any atom is -0.508 e. The lowest BCUT2D eigenvalue weighted by molar-refractivity contribution is 0.0730. The second-order valence-corrected chi connectivity index (χ2v) is 10.6. The summed E-state index contributed by atoms with van der Waals surface area (Å²) in [5, 5.41) is 31.8. The maximum Gasteiger partial charge on any atom is 0.289 e. The third kappa shape index (κ3) is 4.79. The summed E-state index contributed by atoms with van der Waals surface area (Å²) in [6.07, 6.45) is 0. The van der Waals surface area contributed by atoms with Crippen LogP contribution in [0.1, 0.15) is 42.9 Å². The summed E-state index contributed by atoms with van der Waals surface area (Å²) >= 11 is 0. The highest BCUT2D eigenvalue weighted by atomic mass is 32.2. The molecule has 1 amide bonds. The second kappa shape index (κ2) is 10.2. The number of hydrogen-bond donors (Lipinski definition) is 3. The number of rotatable bonds is 7. The number of phenols is 2. The second-order valence-electron chi connectivity index (χ2n) is 8.64. The Balaban J connectivity index is 1.83. The van der Waals surface area contributed by atoms with Crippen LogP contribution in [0.25, 0.3) is 17.1 Å². The molecular weight excluding hydrogens is 486 g/mol. The Kier molecular flexibility index (Phi) is 7.29. The molecule has 3 aromatic rings. The van der Waals surface area contributed by atoms with Gasteiger partial charge in [-0.3, -0.25) is 9.36 Å². The summed E-state index contributed by atoms with van der Waals surface area (Å²) in [7, 11) is -3.71. The molecule has 0 bridgehead atoms. The van der Waals surface area contributed by atoms with Gasteiger partial charge in [-0.2, -0.15) is 4.31 Å². The van der Waals surface area contributed by atoms with Crippen LogP contribution in [0, 0.1) is 0 Å². The van der Waals surface area contributed by atoms with E-state index < -0.39 is 15.9 Å².